The van der Waals surface area contributed by atoms with Crippen LogP contribution in [0.2, 0.25) is 0 Å². The number of nitrogen functional groups attached to an aromatic ring is 1. The lowest BCUT2D eigenvalue weighted by Gasteiger charge is -2.34. The maximum atomic E-state index is 14.0. The first-order valence-electron chi connectivity index (χ1n) is 11.9. The Labute approximate surface area is 212 Å². The van der Waals surface area contributed by atoms with Gasteiger partial charge in [0.05, 0.1) is 13.1 Å². The summed E-state index contributed by atoms with van der Waals surface area (Å²) >= 11 is 0. The van der Waals surface area contributed by atoms with E-state index >= 15 is 0 Å². The molecule has 1 aliphatic rings. The number of aromatic nitrogens is 2. The summed E-state index contributed by atoms with van der Waals surface area (Å²) in [6, 6.07) is 25.5. The van der Waals surface area contributed by atoms with E-state index in [1.807, 2.05) is 66.7 Å². The maximum absolute atomic E-state index is 14.0. The SMILES string of the molecule is CC1Oc2ccccc2OC1C(=O)N(Cc1ccccc1)c1c(N)n(Cc2ccccc2)c(=O)[nH]c1=O. The van der Waals surface area contributed by atoms with Crippen LogP contribution in [0, 0.1) is 0 Å². The minimum absolute atomic E-state index is 0.0325. The summed E-state index contributed by atoms with van der Waals surface area (Å²) in [6.07, 6.45) is -1.69. The molecule has 0 aliphatic carbocycles. The average Bonchev–Trinajstić information content (AvgIpc) is 2.91. The number of para-hydroxylation sites is 2. The molecule has 0 saturated carbocycles. The summed E-state index contributed by atoms with van der Waals surface area (Å²) in [6.45, 7) is 1.88. The fourth-order valence-electron chi connectivity index (χ4n) is 4.34. The van der Waals surface area contributed by atoms with Crippen molar-refractivity contribution in [2.45, 2.75) is 32.2 Å². The van der Waals surface area contributed by atoms with Gasteiger partial charge in [-0.2, -0.15) is 0 Å². The number of carbonyl (C=O) groups excluding carboxylic acids is 1. The highest BCUT2D eigenvalue weighted by Crippen LogP contribution is 2.34. The highest BCUT2D eigenvalue weighted by Gasteiger charge is 2.39. The number of H-pyrrole nitrogens is 1. The molecule has 37 heavy (non-hydrogen) atoms. The second-order valence-electron chi connectivity index (χ2n) is 8.78. The zero-order valence-electron chi connectivity index (χ0n) is 20.2. The number of nitrogens with zero attached hydrogens (tertiary/aromatic N) is 2. The van der Waals surface area contributed by atoms with Crippen LogP contribution < -0.4 is 31.4 Å². The summed E-state index contributed by atoms with van der Waals surface area (Å²) in [5, 5.41) is 0. The number of hydrogen-bond donors (Lipinski definition) is 2. The van der Waals surface area contributed by atoms with Crippen molar-refractivity contribution in [1.82, 2.24) is 9.55 Å². The third-order valence-electron chi connectivity index (χ3n) is 6.20. The van der Waals surface area contributed by atoms with Gasteiger partial charge in [-0.3, -0.25) is 24.0 Å². The van der Waals surface area contributed by atoms with E-state index < -0.39 is 29.4 Å². The molecule has 2 unspecified atom stereocenters. The van der Waals surface area contributed by atoms with Crippen LogP contribution in [-0.4, -0.2) is 27.7 Å². The van der Waals surface area contributed by atoms with Crippen molar-refractivity contribution in [1.29, 1.82) is 0 Å². The van der Waals surface area contributed by atoms with Crippen LogP contribution in [0.25, 0.3) is 0 Å². The Kier molecular flexibility index (Phi) is 6.51. The summed E-state index contributed by atoms with van der Waals surface area (Å²) in [4.78, 5) is 43.5. The van der Waals surface area contributed by atoms with Crippen LogP contribution in [0.5, 0.6) is 11.5 Å². The first-order valence-corrected chi connectivity index (χ1v) is 11.9. The van der Waals surface area contributed by atoms with Crippen molar-refractivity contribution in [3.8, 4) is 11.5 Å². The number of ether oxygens (including phenoxy) is 2. The predicted molar refractivity (Wildman–Crippen MR) is 140 cm³/mol. The van der Waals surface area contributed by atoms with Gasteiger partial charge >= 0.3 is 5.69 Å². The number of fused-ring (bicyclic) bond motifs is 1. The summed E-state index contributed by atoms with van der Waals surface area (Å²) in [7, 11) is 0. The molecule has 1 aromatic heterocycles. The topological polar surface area (TPSA) is 120 Å². The number of hydrogen-bond acceptors (Lipinski definition) is 6. The summed E-state index contributed by atoms with van der Waals surface area (Å²) < 4.78 is 13.2. The van der Waals surface area contributed by atoms with Gasteiger partial charge in [-0.25, -0.2) is 4.79 Å². The molecule has 9 nitrogen and oxygen atoms in total. The minimum Gasteiger partial charge on any atom is -0.482 e. The third kappa shape index (κ3) is 4.84. The highest BCUT2D eigenvalue weighted by atomic mass is 16.6. The van der Waals surface area contributed by atoms with E-state index in [9.17, 15) is 14.4 Å². The monoisotopic (exact) mass is 498 g/mol. The third-order valence-corrected chi connectivity index (χ3v) is 6.20. The fourth-order valence-corrected chi connectivity index (χ4v) is 4.34. The van der Waals surface area contributed by atoms with Gasteiger partial charge in [0.1, 0.15) is 11.9 Å². The van der Waals surface area contributed by atoms with Gasteiger partial charge in [-0.1, -0.05) is 72.8 Å². The van der Waals surface area contributed by atoms with Crippen LogP contribution in [0.15, 0.2) is 94.5 Å². The van der Waals surface area contributed by atoms with E-state index in [1.165, 1.54) is 9.47 Å². The Balaban J connectivity index is 1.59. The molecular weight excluding hydrogens is 472 g/mol. The van der Waals surface area contributed by atoms with E-state index in [2.05, 4.69) is 4.98 Å². The van der Waals surface area contributed by atoms with E-state index in [1.54, 1.807) is 25.1 Å². The molecule has 9 heteroatoms. The molecule has 0 bridgehead atoms. The van der Waals surface area contributed by atoms with Crippen LogP contribution in [0.1, 0.15) is 18.1 Å². The molecule has 2 heterocycles. The molecule has 0 fully saturated rings. The van der Waals surface area contributed by atoms with Gasteiger partial charge in [0.2, 0.25) is 6.10 Å². The molecule has 3 aromatic carbocycles. The smallest absolute Gasteiger partial charge is 0.330 e. The molecule has 1 amide bonds. The molecule has 0 saturated heterocycles. The summed E-state index contributed by atoms with van der Waals surface area (Å²) in [5.74, 6) is 0.316. The van der Waals surface area contributed by atoms with Gasteiger partial charge in [0.15, 0.2) is 17.2 Å². The average molecular weight is 499 g/mol. The van der Waals surface area contributed by atoms with Crippen molar-refractivity contribution in [3.63, 3.8) is 0 Å². The molecule has 5 rings (SSSR count). The lowest BCUT2D eigenvalue weighted by atomic mass is 10.1. The fraction of sp³-hybridized carbons (Fsp3) is 0.179. The van der Waals surface area contributed by atoms with E-state index in [-0.39, 0.29) is 24.6 Å². The van der Waals surface area contributed by atoms with Crippen molar-refractivity contribution in [2.75, 3.05) is 10.6 Å². The van der Waals surface area contributed by atoms with E-state index in [0.29, 0.717) is 11.5 Å². The van der Waals surface area contributed by atoms with Gasteiger partial charge in [0.25, 0.3) is 11.5 Å². The van der Waals surface area contributed by atoms with Crippen LogP contribution in [0.3, 0.4) is 0 Å². The van der Waals surface area contributed by atoms with Gasteiger partial charge in [0, 0.05) is 0 Å². The number of nitrogens with one attached hydrogen (secondary N) is 1. The molecule has 0 spiro atoms. The molecule has 2 atom stereocenters. The molecule has 188 valence electrons. The minimum atomic E-state index is -1.05. The quantitative estimate of drug-likeness (QED) is 0.422. The van der Waals surface area contributed by atoms with Crippen molar-refractivity contribution < 1.29 is 14.3 Å². The van der Waals surface area contributed by atoms with Crippen molar-refractivity contribution in [2.24, 2.45) is 0 Å². The zero-order valence-corrected chi connectivity index (χ0v) is 20.2. The molecule has 1 aliphatic heterocycles. The van der Waals surface area contributed by atoms with Crippen molar-refractivity contribution in [3.05, 3.63) is 117 Å². The van der Waals surface area contributed by atoms with Crippen LogP contribution in [-0.2, 0) is 17.9 Å². The number of amides is 1. The van der Waals surface area contributed by atoms with E-state index in [4.69, 9.17) is 15.2 Å². The Morgan fingerprint density at radius 2 is 1.46 bits per heavy atom. The zero-order chi connectivity index (χ0) is 25.9. The van der Waals surface area contributed by atoms with Gasteiger partial charge < -0.3 is 15.2 Å². The number of nitrogens with two attached hydrogens (primary N) is 1. The number of rotatable bonds is 6. The normalized spacial score (nSPS) is 16.2. The number of anilines is 2. The molecule has 3 N–H and O–H groups in total. The molecule has 0 radical (unpaired) electrons. The van der Waals surface area contributed by atoms with Crippen LogP contribution >= 0.6 is 0 Å². The maximum Gasteiger partial charge on any atom is 0.330 e. The standard InChI is InChI=1S/C28H26N4O5/c1-18-24(37-22-15-9-8-14-21(22)36-18)27(34)31(16-19-10-4-2-5-11-19)23-25(29)32(28(35)30-26(23)33)17-20-12-6-3-7-13-20/h2-15,18,24H,16-17,29H2,1H3,(H,30,33,35). The first-order chi connectivity index (χ1) is 17.9. The molecular formula is C28H26N4O5. The predicted octanol–water partition coefficient (Wildman–Crippen LogP) is 2.93. The first kappa shape index (κ1) is 23.9. The number of benzene rings is 3. The lowest BCUT2D eigenvalue weighted by Crippen LogP contribution is -2.52. The largest absolute Gasteiger partial charge is 0.482 e. The summed E-state index contributed by atoms with van der Waals surface area (Å²) in [5.41, 5.74) is 6.46. The Morgan fingerprint density at radius 3 is 2.11 bits per heavy atom. The highest BCUT2D eigenvalue weighted by molar-refractivity contribution is 5.99. The Bertz CT molecular complexity index is 1530. The van der Waals surface area contributed by atoms with Gasteiger partial charge in [-0.05, 0) is 30.2 Å². The molecule has 4 aromatic rings. The second kappa shape index (κ2) is 10.1. The van der Waals surface area contributed by atoms with Gasteiger partial charge in [-0.15, -0.1) is 0 Å². The Hall–Kier alpha value is -4.79. The number of carbonyl (C=O) groups is 1. The number of aromatic amines is 1. The van der Waals surface area contributed by atoms with E-state index in [0.717, 1.165) is 11.1 Å². The lowest BCUT2D eigenvalue weighted by molar-refractivity contribution is -0.130. The second-order valence-corrected chi connectivity index (χ2v) is 8.78. The Morgan fingerprint density at radius 1 is 0.892 bits per heavy atom. The van der Waals surface area contributed by atoms with Crippen LogP contribution in [0.4, 0.5) is 11.5 Å². The van der Waals surface area contributed by atoms with Crippen molar-refractivity contribution >= 4 is 17.4 Å².